The summed E-state index contributed by atoms with van der Waals surface area (Å²) >= 11 is 0. The van der Waals surface area contributed by atoms with E-state index in [1.165, 1.54) is 26.9 Å². The van der Waals surface area contributed by atoms with Crippen LogP contribution in [0.1, 0.15) is 36.5 Å². The van der Waals surface area contributed by atoms with Gasteiger partial charge in [-0.05, 0) is 47.4 Å². The minimum Gasteiger partial charge on any atom is -0.493 e. The molecule has 0 aromatic heterocycles. The SMILES string of the molecule is COc1cc(/C=C2\N=C(c3ccc(C(C)C)cc3)OC2=O)cc(OC)c1OC. The molecule has 3 rings (SSSR count). The van der Waals surface area contributed by atoms with Crippen LogP contribution in [-0.4, -0.2) is 33.2 Å². The van der Waals surface area contributed by atoms with Crippen molar-refractivity contribution in [2.45, 2.75) is 19.8 Å². The normalized spacial score (nSPS) is 14.9. The molecule has 1 heterocycles. The van der Waals surface area contributed by atoms with E-state index >= 15 is 0 Å². The molecule has 0 N–H and O–H groups in total. The van der Waals surface area contributed by atoms with Crippen molar-refractivity contribution in [3.05, 3.63) is 58.8 Å². The van der Waals surface area contributed by atoms with Gasteiger partial charge < -0.3 is 18.9 Å². The van der Waals surface area contributed by atoms with E-state index in [0.29, 0.717) is 34.6 Å². The Hall–Kier alpha value is -3.28. The second-order valence-corrected chi connectivity index (χ2v) is 6.57. The molecule has 6 nitrogen and oxygen atoms in total. The molecule has 0 atom stereocenters. The van der Waals surface area contributed by atoms with Gasteiger partial charge >= 0.3 is 5.97 Å². The molecule has 0 unspecified atom stereocenters. The molecule has 0 bridgehead atoms. The summed E-state index contributed by atoms with van der Waals surface area (Å²) in [4.78, 5) is 16.6. The first-order valence-corrected chi connectivity index (χ1v) is 8.89. The fourth-order valence-electron chi connectivity index (χ4n) is 2.89. The summed E-state index contributed by atoms with van der Waals surface area (Å²) < 4.78 is 21.4. The van der Waals surface area contributed by atoms with Crippen molar-refractivity contribution in [1.82, 2.24) is 0 Å². The van der Waals surface area contributed by atoms with Crippen LogP contribution >= 0.6 is 0 Å². The first-order valence-electron chi connectivity index (χ1n) is 8.89. The zero-order valence-corrected chi connectivity index (χ0v) is 16.6. The van der Waals surface area contributed by atoms with Crippen molar-refractivity contribution in [2.75, 3.05) is 21.3 Å². The quantitative estimate of drug-likeness (QED) is 0.555. The van der Waals surface area contributed by atoms with Gasteiger partial charge in [0.05, 0.1) is 21.3 Å². The van der Waals surface area contributed by atoms with E-state index in [4.69, 9.17) is 18.9 Å². The third kappa shape index (κ3) is 3.86. The van der Waals surface area contributed by atoms with Crippen molar-refractivity contribution in [3.63, 3.8) is 0 Å². The van der Waals surface area contributed by atoms with E-state index in [-0.39, 0.29) is 5.70 Å². The van der Waals surface area contributed by atoms with Gasteiger partial charge in [-0.15, -0.1) is 0 Å². The van der Waals surface area contributed by atoms with Crippen LogP contribution in [-0.2, 0) is 9.53 Å². The number of rotatable bonds is 6. The molecule has 0 saturated carbocycles. The van der Waals surface area contributed by atoms with E-state index in [2.05, 4.69) is 18.8 Å². The average Bonchev–Trinajstić information content (AvgIpc) is 3.07. The lowest BCUT2D eigenvalue weighted by molar-refractivity contribution is -0.129. The molecule has 146 valence electrons. The second kappa shape index (κ2) is 8.17. The number of carbonyl (C=O) groups excluding carboxylic acids is 1. The van der Waals surface area contributed by atoms with Crippen LogP contribution in [0.3, 0.4) is 0 Å². The molecule has 6 heteroatoms. The van der Waals surface area contributed by atoms with Crippen molar-refractivity contribution in [3.8, 4) is 17.2 Å². The fourth-order valence-corrected chi connectivity index (χ4v) is 2.89. The lowest BCUT2D eigenvalue weighted by Gasteiger charge is -2.12. The fraction of sp³-hybridized carbons (Fsp3) is 0.273. The average molecular weight is 381 g/mol. The van der Waals surface area contributed by atoms with Crippen LogP contribution in [0.25, 0.3) is 6.08 Å². The summed E-state index contributed by atoms with van der Waals surface area (Å²) in [6.07, 6.45) is 1.63. The van der Waals surface area contributed by atoms with Gasteiger partial charge in [0.15, 0.2) is 17.2 Å². The van der Waals surface area contributed by atoms with E-state index in [0.717, 1.165) is 5.56 Å². The Labute approximate surface area is 164 Å². The van der Waals surface area contributed by atoms with Crippen molar-refractivity contribution in [1.29, 1.82) is 0 Å². The number of methoxy groups -OCH3 is 3. The van der Waals surface area contributed by atoms with Gasteiger partial charge in [-0.2, -0.15) is 0 Å². The minimum absolute atomic E-state index is 0.206. The van der Waals surface area contributed by atoms with Gasteiger partial charge in [0.1, 0.15) is 0 Å². The van der Waals surface area contributed by atoms with Gasteiger partial charge in [-0.3, -0.25) is 0 Å². The van der Waals surface area contributed by atoms with Crippen LogP contribution in [0.5, 0.6) is 17.2 Å². The third-order valence-corrected chi connectivity index (χ3v) is 4.44. The summed E-state index contributed by atoms with van der Waals surface area (Å²) in [5.74, 6) is 1.69. The maximum absolute atomic E-state index is 12.3. The highest BCUT2D eigenvalue weighted by Crippen LogP contribution is 2.39. The Bertz CT molecular complexity index is 917. The lowest BCUT2D eigenvalue weighted by atomic mass is 10.0. The molecular formula is C22H23NO5. The van der Waals surface area contributed by atoms with Crippen molar-refractivity contribution >= 4 is 17.9 Å². The van der Waals surface area contributed by atoms with Crippen molar-refractivity contribution < 1.29 is 23.7 Å². The standard InChI is InChI=1S/C22H23NO5/c1-13(2)15-6-8-16(9-7-15)21-23-17(22(24)28-21)10-14-11-18(25-3)20(27-5)19(12-14)26-4/h6-13H,1-5H3/b17-10-. The molecule has 1 aliphatic heterocycles. The van der Waals surface area contributed by atoms with Crippen LogP contribution in [0, 0.1) is 0 Å². The maximum atomic E-state index is 12.3. The van der Waals surface area contributed by atoms with Crippen LogP contribution < -0.4 is 14.2 Å². The highest BCUT2D eigenvalue weighted by atomic mass is 16.6. The summed E-state index contributed by atoms with van der Waals surface area (Å²) in [5.41, 5.74) is 2.85. The number of cyclic esters (lactones) is 1. The molecule has 28 heavy (non-hydrogen) atoms. The van der Waals surface area contributed by atoms with E-state index < -0.39 is 5.97 Å². The summed E-state index contributed by atoms with van der Waals surface area (Å²) in [5, 5.41) is 0. The number of hydrogen-bond donors (Lipinski definition) is 0. The Morgan fingerprint density at radius 3 is 2.07 bits per heavy atom. The molecule has 0 amide bonds. The Morgan fingerprint density at radius 1 is 0.964 bits per heavy atom. The Kier molecular flexibility index (Phi) is 5.68. The zero-order chi connectivity index (χ0) is 20.3. The minimum atomic E-state index is -0.503. The molecule has 0 radical (unpaired) electrons. The predicted octanol–water partition coefficient (Wildman–Crippen LogP) is 4.18. The molecule has 2 aromatic carbocycles. The number of hydrogen-bond acceptors (Lipinski definition) is 6. The molecule has 0 spiro atoms. The molecule has 0 saturated heterocycles. The molecule has 0 aliphatic carbocycles. The highest BCUT2D eigenvalue weighted by Gasteiger charge is 2.24. The second-order valence-electron chi connectivity index (χ2n) is 6.57. The highest BCUT2D eigenvalue weighted by molar-refractivity contribution is 6.12. The molecule has 2 aromatic rings. The number of aliphatic imine (C=N–C) groups is 1. The Morgan fingerprint density at radius 2 is 1.57 bits per heavy atom. The third-order valence-electron chi connectivity index (χ3n) is 4.44. The first kappa shape index (κ1) is 19.5. The first-order chi connectivity index (χ1) is 13.5. The van der Waals surface area contributed by atoms with Crippen LogP contribution in [0.2, 0.25) is 0 Å². The summed E-state index contributed by atoms with van der Waals surface area (Å²) in [6, 6.07) is 11.3. The van der Waals surface area contributed by atoms with Crippen LogP contribution in [0.4, 0.5) is 0 Å². The van der Waals surface area contributed by atoms with Gasteiger partial charge in [0.2, 0.25) is 11.6 Å². The summed E-state index contributed by atoms with van der Waals surface area (Å²) in [6.45, 7) is 4.25. The topological polar surface area (TPSA) is 66.4 Å². The van der Waals surface area contributed by atoms with Crippen LogP contribution in [0.15, 0.2) is 47.1 Å². The van der Waals surface area contributed by atoms with Gasteiger partial charge in [-0.1, -0.05) is 26.0 Å². The number of benzene rings is 2. The molecule has 0 fully saturated rings. The van der Waals surface area contributed by atoms with Gasteiger partial charge in [0.25, 0.3) is 0 Å². The molecule has 1 aliphatic rings. The zero-order valence-electron chi connectivity index (χ0n) is 16.6. The number of esters is 1. The summed E-state index contributed by atoms with van der Waals surface area (Å²) in [7, 11) is 4.61. The predicted molar refractivity (Wildman–Crippen MR) is 107 cm³/mol. The number of nitrogens with zero attached hydrogens (tertiary/aromatic N) is 1. The van der Waals surface area contributed by atoms with E-state index in [1.807, 2.05) is 24.3 Å². The van der Waals surface area contributed by atoms with Gasteiger partial charge in [-0.25, -0.2) is 9.79 Å². The largest absolute Gasteiger partial charge is 0.493 e. The molecular weight excluding hydrogens is 358 g/mol. The number of ether oxygens (including phenoxy) is 4. The lowest BCUT2D eigenvalue weighted by Crippen LogP contribution is -2.05. The number of carbonyl (C=O) groups is 1. The maximum Gasteiger partial charge on any atom is 0.363 e. The Balaban J connectivity index is 1.95. The van der Waals surface area contributed by atoms with Gasteiger partial charge in [0, 0.05) is 5.56 Å². The van der Waals surface area contributed by atoms with E-state index in [1.54, 1.807) is 18.2 Å². The smallest absolute Gasteiger partial charge is 0.363 e. The monoisotopic (exact) mass is 381 g/mol. The van der Waals surface area contributed by atoms with E-state index in [9.17, 15) is 4.79 Å². The van der Waals surface area contributed by atoms with Crippen molar-refractivity contribution in [2.24, 2.45) is 4.99 Å².